The molecule has 4 aromatic rings. The van der Waals surface area contributed by atoms with Crippen molar-refractivity contribution < 1.29 is 18.4 Å². The van der Waals surface area contributed by atoms with Crippen LogP contribution >= 0.6 is 11.3 Å². The summed E-state index contributed by atoms with van der Waals surface area (Å²) in [5, 5.41) is 7.70. The minimum atomic E-state index is -0.571. The Bertz CT molecular complexity index is 1450. The number of nitrogens with one attached hydrogen (secondary N) is 2. The molecule has 0 bridgehead atoms. The number of amides is 2. The summed E-state index contributed by atoms with van der Waals surface area (Å²) in [7, 11) is 0. The number of hydrogen-bond acceptors (Lipinski definition) is 6. The van der Waals surface area contributed by atoms with Crippen LogP contribution < -0.4 is 15.5 Å². The largest absolute Gasteiger partial charge is 0.363 e. The first kappa shape index (κ1) is 24.6. The maximum absolute atomic E-state index is 14.5. The predicted molar refractivity (Wildman–Crippen MR) is 138 cm³/mol. The summed E-state index contributed by atoms with van der Waals surface area (Å²) in [6.07, 6.45) is 4.91. The van der Waals surface area contributed by atoms with Crippen LogP contribution in [0, 0.1) is 11.8 Å². The highest BCUT2D eigenvalue weighted by molar-refractivity contribution is 7.14. The number of carbonyl (C=O) groups excluding carboxylic acids is 2. The van der Waals surface area contributed by atoms with Crippen molar-refractivity contribution >= 4 is 39.7 Å². The van der Waals surface area contributed by atoms with Crippen molar-refractivity contribution in [3.8, 4) is 0 Å². The maximum atomic E-state index is 14.5. The molecular weight excluding hydrogens is 498 g/mol. The molecule has 1 atom stereocenters. The molecule has 0 aliphatic carbocycles. The fourth-order valence-corrected chi connectivity index (χ4v) is 5.26. The van der Waals surface area contributed by atoms with Crippen LogP contribution in [-0.2, 0) is 11.3 Å². The lowest BCUT2D eigenvalue weighted by Crippen LogP contribution is -2.23. The molecule has 190 valence electrons. The summed E-state index contributed by atoms with van der Waals surface area (Å²) in [5.41, 5.74) is 2.76. The summed E-state index contributed by atoms with van der Waals surface area (Å²) in [6.45, 7) is 2.40. The molecule has 1 aliphatic rings. The molecule has 1 saturated heterocycles. The first-order valence-electron chi connectivity index (χ1n) is 11.7. The second-order valence-electron chi connectivity index (χ2n) is 8.74. The van der Waals surface area contributed by atoms with Gasteiger partial charge in [0.25, 0.3) is 5.91 Å². The molecule has 2 amide bonds. The topological polar surface area (TPSA) is 92.2 Å². The van der Waals surface area contributed by atoms with Crippen LogP contribution in [0.25, 0.3) is 0 Å². The van der Waals surface area contributed by atoms with E-state index in [1.54, 1.807) is 41.1 Å². The molecule has 4 heterocycles. The Hall–Kier alpha value is -4.12. The van der Waals surface area contributed by atoms with E-state index in [4.69, 9.17) is 0 Å². The normalized spacial score (nSPS) is 15.1. The molecular formula is C26H24F2N6O2S. The zero-order valence-corrected chi connectivity index (χ0v) is 20.8. The Morgan fingerprint density at radius 2 is 2.03 bits per heavy atom. The first-order valence-corrected chi connectivity index (χ1v) is 12.6. The van der Waals surface area contributed by atoms with Gasteiger partial charge in [-0.05, 0) is 60.9 Å². The molecule has 2 N–H and O–H groups in total. The van der Waals surface area contributed by atoms with E-state index in [0.717, 1.165) is 25.1 Å². The highest BCUT2D eigenvalue weighted by atomic mass is 32.1. The van der Waals surface area contributed by atoms with E-state index < -0.39 is 11.8 Å². The summed E-state index contributed by atoms with van der Waals surface area (Å²) >= 11 is 1.33. The Kier molecular flexibility index (Phi) is 6.95. The number of hydrogen-bond donors (Lipinski definition) is 2. The average molecular weight is 523 g/mol. The van der Waals surface area contributed by atoms with Gasteiger partial charge in [0.1, 0.15) is 11.5 Å². The SMILES string of the molecule is CC(=O)Nc1ccc(N2CCCC2c2csc(NC(=O)c3cccn3Cc3ccnc(F)c3)n2)cc1F. The Morgan fingerprint density at radius 3 is 2.81 bits per heavy atom. The Balaban J connectivity index is 1.28. The Morgan fingerprint density at radius 1 is 1.16 bits per heavy atom. The van der Waals surface area contributed by atoms with Crippen LogP contribution in [-0.4, -0.2) is 32.9 Å². The van der Waals surface area contributed by atoms with Crippen molar-refractivity contribution in [2.75, 3.05) is 22.1 Å². The molecule has 1 aromatic carbocycles. The number of anilines is 3. The third kappa shape index (κ3) is 5.51. The number of thiazole rings is 1. The number of pyridine rings is 1. The quantitative estimate of drug-likeness (QED) is 0.325. The zero-order chi connectivity index (χ0) is 25.9. The second kappa shape index (κ2) is 10.5. The van der Waals surface area contributed by atoms with Gasteiger partial charge in [0, 0.05) is 43.5 Å². The van der Waals surface area contributed by atoms with Crippen molar-refractivity contribution in [3.05, 3.63) is 89.0 Å². The first-order chi connectivity index (χ1) is 17.9. The number of rotatable bonds is 7. The highest BCUT2D eigenvalue weighted by Crippen LogP contribution is 2.38. The van der Waals surface area contributed by atoms with Crippen LogP contribution in [0.1, 0.15) is 47.6 Å². The molecule has 1 unspecified atom stereocenters. The molecule has 37 heavy (non-hydrogen) atoms. The fourth-order valence-electron chi connectivity index (χ4n) is 4.51. The Labute approximate surface area is 216 Å². The van der Waals surface area contributed by atoms with Crippen LogP contribution in [0.2, 0.25) is 0 Å². The summed E-state index contributed by atoms with van der Waals surface area (Å²) < 4.78 is 29.7. The van der Waals surface area contributed by atoms with Gasteiger partial charge < -0.3 is 14.8 Å². The molecule has 8 nitrogen and oxygen atoms in total. The molecule has 3 aromatic heterocycles. The monoisotopic (exact) mass is 522 g/mol. The van der Waals surface area contributed by atoms with Crippen molar-refractivity contribution in [2.24, 2.45) is 0 Å². The number of halogens is 2. The van der Waals surface area contributed by atoms with E-state index in [0.29, 0.717) is 28.6 Å². The van der Waals surface area contributed by atoms with Gasteiger partial charge in [-0.15, -0.1) is 11.3 Å². The van der Waals surface area contributed by atoms with Gasteiger partial charge in [-0.25, -0.2) is 14.4 Å². The lowest BCUT2D eigenvalue weighted by atomic mass is 10.1. The minimum absolute atomic E-state index is 0.0571. The van der Waals surface area contributed by atoms with Gasteiger partial charge in [0.2, 0.25) is 11.9 Å². The highest BCUT2D eigenvalue weighted by Gasteiger charge is 2.29. The lowest BCUT2D eigenvalue weighted by molar-refractivity contribution is -0.114. The van der Waals surface area contributed by atoms with Gasteiger partial charge in [0.15, 0.2) is 5.13 Å². The smallest absolute Gasteiger partial charge is 0.274 e. The van der Waals surface area contributed by atoms with E-state index in [1.165, 1.54) is 36.6 Å². The fraction of sp³-hybridized carbons (Fsp3) is 0.231. The minimum Gasteiger partial charge on any atom is -0.363 e. The molecule has 0 saturated carbocycles. The maximum Gasteiger partial charge on any atom is 0.274 e. The number of benzene rings is 1. The van der Waals surface area contributed by atoms with E-state index in [9.17, 15) is 18.4 Å². The lowest BCUT2D eigenvalue weighted by Gasteiger charge is -2.26. The average Bonchev–Trinajstić information content (AvgIpc) is 3.61. The predicted octanol–water partition coefficient (Wildman–Crippen LogP) is 5.22. The van der Waals surface area contributed by atoms with Crippen LogP contribution in [0.5, 0.6) is 0 Å². The van der Waals surface area contributed by atoms with Crippen LogP contribution in [0.15, 0.2) is 60.2 Å². The molecule has 0 spiro atoms. The summed E-state index contributed by atoms with van der Waals surface area (Å²) in [6, 6.07) is 11.2. The molecule has 11 heteroatoms. The zero-order valence-electron chi connectivity index (χ0n) is 19.9. The molecule has 0 radical (unpaired) electrons. The van der Waals surface area contributed by atoms with Gasteiger partial charge in [-0.3, -0.25) is 14.9 Å². The van der Waals surface area contributed by atoms with Crippen LogP contribution in [0.3, 0.4) is 0 Å². The summed E-state index contributed by atoms with van der Waals surface area (Å²) in [4.78, 5) is 34.5. The molecule has 1 fully saturated rings. The second-order valence-corrected chi connectivity index (χ2v) is 9.59. The number of nitrogens with zero attached hydrogens (tertiary/aromatic N) is 4. The van der Waals surface area contributed by atoms with Gasteiger partial charge in [0.05, 0.1) is 17.4 Å². The van der Waals surface area contributed by atoms with Crippen molar-refractivity contribution in [2.45, 2.75) is 32.4 Å². The van der Waals surface area contributed by atoms with Gasteiger partial charge >= 0.3 is 0 Å². The van der Waals surface area contributed by atoms with Gasteiger partial charge in [-0.1, -0.05) is 0 Å². The standard InChI is InChI=1S/C26H24F2N6O2S/c1-16(35)30-20-7-6-18(13-19(20)27)34-11-3-4-22(34)21-15-37-26(31-21)32-25(36)23-5-2-10-33(23)14-17-8-9-29-24(28)12-17/h2,5-10,12-13,15,22H,3-4,11,14H2,1H3,(H,30,35)(H,31,32,36). The van der Waals surface area contributed by atoms with E-state index in [1.807, 2.05) is 5.38 Å². The molecule has 1 aliphatic heterocycles. The van der Waals surface area contributed by atoms with Crippen molar-refractivity contribution in [1.29, 1.82) is 0 Å². The summed E-state index contributed by atoms with van der Waals surface area (Å²) in [5.74, 6) is -1.72. The van der Waals surface area contributed by atoms with Crippen molar-refractivity contribution in [3.63, 3.8) is 0 Å². The van der Waals surface area contributed by atoms with Gasteiger partial charge in [-0.2, -0.15) is 4.39 Å². The molecule has 5 rings (SSSR count). The third-order valence-corrected chi connectivity index (χ3v) is 6.91. The number of carbonyl (C=O) groups is 2. The van der Waals surface area contributed by atoms with Crippen LogP contribution in [0.4, 0.5) is 25.3 Å². The van der Waals surface area contributed by atoms with E-state index in [2.05, 4.69) is 25.5 Å². The van der Waals surface area contributed by atoms with E-state index in [-0.39, 0.29) is 23.5 Å². The third-order valence-electron chi connectivity index (χ3n) is 6.14. The number of aromatic nitrogens is 3. The van der Waals surface area contributed by atoms with E-state index >= 15 is 0 Å². The van der Waals surface area contributed by atoms with Crippen molar-refractivity contribution in [1.82, 2.24) is 14.5 Å².